The lowest BCUT2D eigenvalue weighted by molar-refractivity contribution is -0.122. The van der Waals surface area contributed by atoms with Crippen molar-refractivity contribution in [3.05, 3.63) is 21.4 Å². The highest BCUT2D eigenvalue weighted by molar-refractivity contribution is 7.14. The molecule has 1 aromatic rings. The van der Waals surface area contributed by atoms with Crippen molar-refractivity contribution < 1.29 is 9.59 Å². The van der Waals surface area contributed by atoms with Gasteiger partial charge in [0.1, 0.15) is 6.04 Å². The predicted octanol–water partition coefficient (Wildman–Crippen LogP) is 3.15. The fraction of sp³-hybridized carbons (Fsp3) is 0.667. The number of amides is 2. The molecule has 5 heteroatoms. The van der Waals surface area contributed by atoms with Gasteiger partial charge in [0.2, 0.25) is 5.91 Å². The van der Waals surface area contributed by atoms with Crippen LogP contribution in [0.5, 0.6) is 0 Å². The van der Waals surface area contributed by atoms with E-state index in [1.807, 2.05) is 13.0 Å². The third-order valence-electron chi connectivity index (χ3n) is 4.62. The number of carbonyl (C=O) groups excluding carboxylic acids is 2. The largest absolute Gasteiger partial charge is 0.355 e. The summed E-state index contributed by atoms with van der Waals surface area (Å²) >= 11 is 1.58. The molecule has 0 saturated heterocycles. The Morgan fingerprint density at radius 2 is 2.09 bits per heavy atom. The van der Waals surface area contributed by atoms with Crippen LogP contribution in [0.4, 0.5) is 0 Å². The molecule has 2 rings (SSSR count). The quantitative estimate of drug-likeness (QED) is 0.887. The highest BCUT2D eigenvalue weighted by atomic mass is 32.1. The fourth-order valence-corrected chi connectivity index (χ4v) is 4.15. The Morgan fingerprint density at radius 3 is 2.70 bits per heavy atom. The summed E-state index contributed by atoms with van der Waals surface area (Å²) in [5.74, 6) is 0.375. The van der Waals surface area contributed by atoms with Crippen LogP contribution in [0.1, 0.15) is 61.2 Å². The zero-order chi connectivity index (χ0) is 17.2. The van der Waals surface area contributed by atoms with Crippen LogP contribution in [0, 0.1) is 11.3 Å². The molecule has 0 aromatic carbocycles. The van der Waals surface area contributed by atoms with E-state index in [2.05, 4.69) is 31.4 Å². The molecule has 0 saturated carbocycles. The molecule has 0 bridgehead atoms. The van der Waals surface area contributed by atoms with Crippen molar-refractivity contribution in [2.75, 3.05) is 6.54 Å². The molecule has 23 heavy (non-hydrogen) atoms. The van der Waals surface area contributed by atoms with Crippen molar-refractivity contribution >= 4 is 23.2 Å². The van der Waals surface area contributed by atoms with Gasteiger partial charge in [0.15, 0.2) is 0 Å². The molecule has 1 aliphatic carbocycles. The summed E-state index contributed by atoms with van der Waals surface area (Å²) in [4.78, 5) is 26.2. The molecule has 0 fully saturated rings. The van der Waals surface area contributed by atoms with E-state index >= 15 is 0 Å². The van der Waals surface area contributed by atoms with Crippen molar-refractivity contribution in [2.24, 2.45) is 11.3 Å². The summed E-state index contributed by atoms with van der Waals surface area (Å²) in [5.41, 5.74) is 1.62. The second-order valence-electron chi connectivity index (χ2n) is 7.45. The maximum absolute atomic E-state index is 12.4. The van der Waals surface area contributed by atoms with Gasteiger partial charge >= 0.3 is 0 Å². The Hall–Kier alpha value is -1.36. The van der Waals surface area contributed by atoms with Crippen molar-refractivity contribution in [3.63, 3.8) is 0 Å². The lowest BCUT2D eigenvalue weighted by Crippen LogP contribution is -2.44. The third kappa shape index (κ3) is 4.34. The topological polar surface area (TPSA) is 58.2 Å². The summed E-state index contributed by atoms with van der Waals surface area (Å²) in [6.45, 7) is 11.0. The van der Waals surface area contributed by atoms with Gasteiger partial charge in [0.05, 0.1) is 4.88 Å². The van der Waals surface area contributed by atoms with E-state index in [-0.39, 0.29) is 11.8 Å². The average Bonchev–Trinajstić information content (AvgIpc) is 2.89. The van der Waals surface area contributed by atoms with E-state index in [1.165, 1.54) is 16.9 Å². The summed E-state index contributed by atoms with van der Waals surface area (Å²) < 4.78 is 0. The number of rotatable bonds is 4. The maximum atomic E-state index is 12.4. The summed E-state index contributed by atoms with van der Waals surface area (Å²) in [6, 6.07) is 1.52. The Kier molecular flexibility index (Phi) is 5.50. The van der Waals surface area contributed by atoms with Crippen molar-refractivity contribution in [2.45, 2.75) is 59.9 Å². The van der Waals surface area contributed by atoms with Crippen LogP contribution in [0.3, 0.4) is 0 Å². The number of hydrogen-bond acceptors (Lipinski definition) is 3. The molecule has 128 valence electrons. The summed E-state index contributed by atoms with van der Waals surface area (Å²) in [7, 11) is 0. The van der Waals surface area contributed by atoms with E-state index in [4.69, 9.17) is 0 Å². The van der Waals surface area contributed by atoms with Gasteiger partial charge in [-0.15, -0.1) is 11.3 Å². The zero-order valence-corrected chi connectivity index (χ0v) is 15.6. The smallest absolute Gasteiger partial charge is 0.262 e. The highest BCUT2D eigenvalue weighted by Crippen LogP contribution is 2.40. The van der Waals surface area contributed by atoms with Crippen LogP contribution in [0.2, 0.25) is 0 Å². The molecule has 1 heterocycles. The van der Waals surface area contributed by atoms with Gasteiger partial charge in [0.25, 0.3) is 5.91 Å². The molecule has 2 N–H and O–H groups in total. The van der Waals surface area contributed by atoms with E-state index in [1.54, 1.807) is 18.3 Å². The molecule has 2 atom stereocenters. The first-order valence-electron chi connectivity index (χ1n) is 8.42. The lowest BCUT2D eigenvalue weighted by Gasteiger charge is -2.33. The van der Waals surface area contributed by atoms with Crippen LogP contribution >= 0.6 is 11.3 Å². The van der Waals surface area contributed by atoms with E-state index in [0.29, 0.717) is 17.9 Å². The molecule has 1 aliphatic rings. The number of nitrogens with one attached hydrogen (secondary N) is 2. The van der Waals surface area contributed by atoms with Gasteiger partial charge in [-0.25, -0.2) is 0 Å². The second kappa shape index (κ2) is 7.04. The molecule has 4 nitrogen and oxygen atoms in total. The maximum Gasteiger partial charge on any atom is 0.262 e. The molecule has 0 unspecified atom stereocenters. The Bertz CT molecular complexity index is 586. The summed E-state index contributed by atoms with van der Waals surface area (Å²) in [6.07, 6.45) is 3.29. The van der Waals surface area contributed by atoms with Crippen LogP contribution < -0.4 is 10.6 Å². The van der Waals surface area contributed by atoms with Crippen LogP contribution in [0.15, 0.2) is 6.07 Å². The Labute approximate surface area is 143 Å². The van der Waals surface area contributed by atoms with Gasteiger partial charge in [-0.1, -0.05) is 20.8 Å². The highest BCUT2D eigenvalue weighted by Gasteiger charge is 2.30. The van der Waals surface area contributed by atoms with Crippen LogP contribution in [-0.4, -0.2) is 24.4 Å². The van der Waals surface area contributed by atoms with Gasteiger partial charge in [0, 0.05) is 11.4 Å². The molecule has 1 aromatic heterocycles. The van der Waals surface area contributed by atoms with Gasteiger partial charge in [-0.05, 0) is 56.1 Å². The lowest BCUT2D eigenvalue weighted by atomic mass is 9.72. The minimum Gasteiger partial charge on any atom is -0.355 e. The second-order valence-corrected chi connectivity index (χ2v) is 8.59. The van der Waals surface area contributed by atoms with Gasteiger partial charge < -0.3 is 10.6 Å². The van der Waals surface area contributed by atoms with E-state index < -0.39 is 6.04 Å². The minimum atomic E-state index is -0.510. The van der Waals surface area contributed by atoms with E-state index in [0.717, 1.165) is 17.7 Å². The molecular weight excluding hydrogens is 308 g/mol. The third-order valence-corrected chi connectivity index (χ3v) is 5.86. The van der Waals surface area contributed by atoms with E-state index in [9.17, 15) is 9.59 Å². The number of likely N-dealkylation sites (N-methyl/N-ethyl adjacent to an activating group) is 1. The van der Waals surface area contributed by atoms with Crippen molar-refractivity contribution in [1.82, 2.24) is 10.6 Å². The normalized spacial score (nSPS) is 18.9. The van der Waals surface area contributed by atoms with Crippen molar-refractivity contribution in [3.8, 4) is 0 Å². The molecular formula is C18H28N2O2S. The fourth-order valence-electron chi connectivity index (χ4n) is 3.04. The molecule has 0 spiro atoms. The van der Waals surface area contributed by atoms with Gasteiger partial charge in [-0.3, -0.25) is 9.59 Å². The van der Waals surface area contributed by atoms with Crippen molar-refractivity contribution in [1.29, 1.82) is 0 Å². The number of thiophene rings is 1. The van der Waals surface area contributed by atoms with Gasteiger partial charge in [-0.2, -0.15) is 0 Å². The number of hydrogen-bond donors (Lipinski definition) is 2. The first-order chi connectivity index (χ1) is 10.7. The number of carbonyl (C=O) groups is 2. The molecule has 0 radical (unpaired) electrons. The molecule has 0 aliphatic heterocycles. The van der Waals surface area contributed by atoms with Crippen LogP contribution in [-0.2, 0) is 17.6 Å². The summed E-state index contributed by atoms with van der Waals surface area (Å²) in [5, 5.41) is 5.51. The predicted molar refractivity (Wildman–Crippen MR) is 94.9 cm³/mol. The first-order valence-corrected chi connectivity index (χ1v) is 9.24. The SMILES string of the molecule is CCNC(=O)[C@H](C)NC(=O)c1cc2c(s1)CC[C@@H](C(C)(C)C)C2. The first kappa shape index (κ1) is 18.0. The Morgan fingerprint density at radius 1 is 1.39 bits per heavy atom. The number of fused-ring (bicyclic) bond motifs is 1. The average molecular weight is 337 g/mol. The molecule has 2 amide bonds. The van der Waals surface area contributed by atoms with Crippen LogP contribution in [0.25, 0.3) is 0 Å². The zero-order valence-electron chi connectivity index (χ0n) is 14.8. The standard InChI is InChI=1S/C18H28N2O2S/c1-6-19-16(21)11(2)20-17(22)15-10-12-9-13(18(3,4)5)7-8-14(12)23-15/h10-11,13H,6-9H2,1-5H3,(H,19,21)(H,20,22)/t11-,13+/m0/s1. The number of aryl methyl sites for hydroxylation is 1. The monoisotopic (exact) mass is 336 g/mol. The minimum absolute atomic E-state index is 0.143. The Balaban J connectivity index is 2.05.